The zero-order chi connectivity index (χ0) is 24.3. The maximum Gasteiger partial charge on any atom is 0.0693 e. The predicted molar refractivity (Wildman–Crippen MR) is 148 cm³/mol. The third-order valence-corrected chi connectivity index (χ3v) is 7.19. The van der Waals surface area contributed by atoms with E-state index in [1.807, 2.05) is 0 Å². The number of rotatable bonds is 20. The summed E-state index contributed by atoms with van der Waals surface area (Å²) in [5.41, 5.74) is 2.61. The molecule has 0 aliphatic heterocycles. The highest BCUT2D eigenvalue weighted by atomic mass is 16.3. The van der Waals surface area contributed by atoms with Gasteiger partial charge in [0.1, 0.15) is 0 Å². The first-order chi connectivity index (χ1) is 16.7. The first-order valence-corrected chi connectivity index (χ1v) is 14.2. The number of hydrogen-bond acceptors (Lipinski definition) is 2. The fourth-order valence-electron chi connectivity index (χ4n) is 4.84. The monoisotopic (exact) mass is 465 g/mol. The van der Waals surface area contributed by atoms with Crippen LogP contribution in [0.4, 0.5) is 0 Å². The van der Waals surface area contributed by atoms with Crippen LogP contribution >= 0.6 is 0 Å². The molecule has 190 valence electrons. The molecule has 2 unspecified atom stereocenters. The van der Waals surface area contributed by atoms with E-state index in [-0.39, 0.29) is 12.1 Å². The molecule has 2 aromatic carbocycles. The molecule has 0 spiro atoms. The van der Waals surface area contributed by atoms with Crippen molar-refractivity contribution in [1.82, 2.24) is 4.90 Å². The quantitative estimate of drug-likeness (QED) is 0.197. The summed E-state index contributed by atoms with van der Waals surface area (Å²) in [6.45, 7) is 6.21. The van der Waals surface area contributed by atoms with Crippen LogP contribution in [0, 0.1) is 0 Å². The standard InChI is InChI=1S/C32H51NO/c1-3-4-5-6-7-8-9-10-11-12-13-14-21-26-32(34)29(2)33(27-30-22-17-15-18-23-30)28-31-24-19-16-20-25-31/h15-20,22-25,29,32,34H,3-14,21,26-28H2,1-2H3. The van der Waals surface area contributed by atoms with E-state index in [2.05, 4.69) is 79.4 Å². The number of unbranched alkanes of at least 4 members (excludes halogenated alkanes) is 12. The molecule has 0 amide bonds. The SMILES string of the molecule is CCCCCCCCCCCCCCCC(O)C(C)N(Cc1ccccc1)Cc1ccccc1. The van der Waals surface area contributed by atoms with Gasteiger partial charge in [0.15, 0.2) is 0 Å². The highest BCUT2D eigenvalue weighted by molar-refractivity contribution is 5.17. The Morgan fingerprint density at radius 1 is 0.588 bits per heavy atom. The molecule has 0 heterocycles. The van der Waals surface area contributed by atoms with Gasteiger partial charge < -0.3 is 5.11 Å². The van der Waals surface area contributed by atoms with Crippen molar-refractivity contribution in [1.29, 1.82) is 0 Å². The van der Waals surface area contributed by atoms with Crippen LogP contribution in [0.3, 0.4) is 0 Å². The molecule has 0 aliphatic carbocycles. The fourth-order valence-corrected chi connectivity index (χ4v) is 4.84. The van der Waals surface area contributed by atoms with E-state index in [1.54, 1.807) is 0 Å². The summed E-state index contributed by atoms with van der Waals surface area (Å²) in [7, 11) is 0. The Kier molecular flexibility index (Phi) is 15.7. The zero-order valence-corrected chi connectivity index (χ0v) is 22.1. The maximum absolute atomic E-state index is 11.0. The van der Waals surface area contributed by atoms with E-state index in [0.717, 1.165) is 25.9 Å². The third kappa shape index (κ3) is 12.7. The third-order valence-electron chi connectivity index (χ3n) is 7.19. The lowest BCUT2D eigenvalue weighted by atomic mass is 10.0. The second-order valence-electron chi connectivity index (χ2n) is 10.2. The lowest BCUT2D eigenvalue weighted by Crippen LogP contribution is -2.40. The molecule has 34 heavy (non-hydrogen) atoms. The van der Waals surface area contributed by atoms with Gasteiger partial charge in [-0.05, 0) is 24.5 Å². The largest absolute Gasteiger partial charge is 0.392 e. The summed E-state index contributed by atoms with van der Waals surface area (Å²) in [5.74, 6) is 0. The molecule has 2 nitrogen and oxygen atoms in total. The Morgan fingerprint density at radius 3 is 1.38 bits per heavy atom. The molecular formula is C32H51NO. The molecule has 0 aliphatic rings. The zero-order valence-electron chi connectivity index (χ0n) is 22.1. The molecule has 2 rings (SSSR count). The summed E-state index contributed by atoms with van der Waals surface area (Å²) in [5, 5.41) is 11.0. The minimum absolute atomic E-state index is 0.137. The average Bonchev–Trinajstić information content (AvgIpc) is 2.87. The van der Waals surface area contributed by atoms with Gasteiger partial charge in [-0.1, -0.05) is 151 Å². The van der Waals surface area contributed by atoms with E-state index in [4.69, 9.17) is 0 Å². The molecule has 2 atom stereocenters. The first-order valence-electron chi connectivity index (χ1n) is 14.2. The predicted octanol–water partition coefficient (Wildman–Crippen LogP) is 8.92. The highest BCUT2D eigenvalue weighted by Crippen LogP contribution is 2.19. The minimum atomic E-state index is -0.278. The number of hydrogen-bond donors (Lipinski definition) is 1. The normalized spacial score (nSPS) is 13.3. The van der Waals surface area contributed by atoms with Gasteiger partial charge in [0.05, 0.1) is 6.10 Å². The van der Waals surface area contributed by atoms with E-state index in [0.29, 0.717) is 0 Å². The van der Waals surface area contributed by atoms with E-state index < -0.39 is 0 Å². The molecule has 0 bridgehead atoms. The second-order valence-corrected chi connectivity index (χ2v) is 10.2. The van der Waals surface area contributed by atoms with Crippen molar-refractivity contribution in [3.8, 4) is 0 Å². The molecule has 0 saturated carbocycles. The number of nitrogens with zero attached hydrogens (tertiary/aromatic N) is 1. The second kappa shape index (κ2) is 18.7. The van der Waals surface area contributed by atoms with Crippen LogP contribution in [0.1, 0.15) is 115 Å². The molecule has 0 saturated heterocycles. The van der Waals surface area contributed by atoms with Gasteiger partial charge in [-0.2, -0.15) is 0 Å². The van der Waals surface area contributed by atoms with Crippen molar-refractivity contribution in [3.05, 3.63) is 71.8 Å². The van der Waals surface area contributed by atoms with Crippen molar-refractivity contribution < 1.29 is 5.11 Å². The maximum atomic E-state index is 11.0. The summed E-state index contributed by atoms with van der Waals surface area (Å²) in [6, 6.07) is 21.4. The van der Waals surface area contributed by atoms with Crippen molar-refractivity contribution in [3.63, 3.8) is 0 Å². The number of benzene rings is 2. The number of aliphatic hydroxyl groups is 1. The Bertz CT molecular complexity index is 660. The van der Waals surface area contributed by atoms with Crippen LogP contribution in [0.2, 0.25) is 0 Å². The molecule has 1 N–H and O–H groups in total. The van der Waals surface area contributed by atoms with Gasteiger partial charge in [0, 0.05) is 19.1 Å². The van der Waals surface area contributed by atoms with Crippen LogP contribution in [0.5, 0.6) is 0 Å². The van der Waals surface area contributed by atoms with E-state index in [9.17, 15) is 5.11 Å². The lowest BCUT2D eigenvalue weighted by Gasteiger charge is -2.32. The Labute approximate surface area is 210 Å². The summed E-state index contributed by atoms with van der Waals surface area (Å²) < 4.78 is 0. The topological polar surface area (TPSA) is 23.5 Å². The molecule has 2 aromatic rings. The summed E-state index contributed by atoms with van der Waals surface area (Å²) in [4.78, 5) is 2.43. The van der Waals surface area contributed by atoms with Crippen LogP contribution in [-0.4, -0.2) is 22.2 Å². The molecule has 0 aromatic heterocycles. The van der Waals surface area contributed by atoms with Gasteiger partial charge in [-0.3, -0.25) is 4.90 Å². The van der Waals surface area contributed by atoms with Gasteiger partial charge in [0.25, 0.3) is 0 Å². The summed E-state index contributed by atoms with van der Waals surface area (Å²) in [6.07, 6.45) is 18.4. The molecule has 2 heteroatoms. The van der Waals surface area contributed by atoms with Crippen molar-refractivity contribution >= 4 is 0 Å². The van der Waals surface area contributed by atoms with Crippen molar-refractivity contribution in [2.24, 2.45) is 0 Å². The summed E-state index contributed by atoms with van der Waals surface area (Å²) >= 11 is 0. The Morgan fingerprint density at radius 2 is 0.971 bits per heavy atom. The fraction of sp³-hybridized carbons (Fsp3) is 0.625. The lowest BCUT2D eigenvalue weighted by molar-refractivity contribution is 0.0421. The molecular weight excluding hydrogens is 414 g/mol. The van der Waals surface area contributed by atoms with Crippen LogP contribution in [0.25, 0.3) is 0 Å². The van der Waals surface area contributed by atoms with Gasteiger partial charge >= 0.3 is 0 Å². The Hall–Kier alpha value is -1.64. The van der Waals surface area contributed by atoms with Crippen LogP contribution in [0.15, 0.2) is 60.7 Å². The smallest absolute Gasteiger partial charge is 0.0693 e. The average molecular weight is 466 g/mol. The van der Waals surface area contributed by atoms with Crippen molar-refractivity contribution in [2.45, 2.75) is 129 Å². The van der Waals surface area contributed by atoms with Gasteiger partial charge in [-0.15, -0.1) is 0 Å². The minimum Gasteiger partial charge on any atom is -0.392 e. The first kappa shape index (κ1) is 28.6. The highest BCUT2D eigenvalue weighted by Gasteiger charge is 2.22. The van der Waals surface area contributed by atoms with Crippen LogP contribution in [-0.2, 0) is 13.1 Å². The van der Waals surface area contributed by atoms with Gasteiger partial charge in [-0.25, -0.2) is 0 Å². The Balaban J connectivity index is 1.63. The van der Waals surface area contributed by atoms with E-state index >= 15 is 0 Å². The molecule has 0 fully saturated rings. The van der Waals surface area contributed by atoms with Crippen LogP contribution < -0.4 is 0 Å². The van der Waals surface area contributed by atoms with Gasteiger partial charge in [0.2, 0.25) is 0 Å². The number of aliphatic hydroxyl groups excluding tert-OH is 1. The van der Waals surface area contributed by atoms with E-state index in [1.165, 1.54) is 88.2 Å². The van der Waals surface area contributed by atoms with Crippen molar-refractivity contribution in [2.75, 3.05) is 0 Å². The molecule has 0 radical (unpaired) electrons.